The van der Waals surface area contributed by atoms with E-state index in [2.05, 4.69) is 20.6 Å². The van der Waals surface area contributed by atoms with Gasteiger partial charge in [0.2, 0.25) is 11.8 Å². The third-order valence-electron chi connectivity index (χ3n) is 2.96. The van der Waals surface area contributed by atoms with Crippen molar-refractivity contribution >= 4 is 46.2 Å². The summed E-state index contributed by atoms with van der Waals surface area (Å²) in [5.74, 6) is -0.154. The van der Waals surface area contributed by atoms with Gasteiger partial charge in [-0.15, -0.1) is 0 Å². The molecule has 24 heavy (non-hydrogen) atoms. The van der Waals surface area contributed by atoms with Crippen LogP contribution in [0.4, 0.5) is 11.4 Å². The van der Waals surface area contributed by atoms with Crippen LogP contribution in [0, 0.1) is 0 Å². The fourth-order valence-electron chi connectivity index (χ4n) is 1.98. The highest BCUT2D eigenvalue weighted by molar-refractivity contribution is 7.99. The van der Waals surface area contributed by atoms with Crippen molar-refractivity contribution in [3.05, 3.63) is 42.6 Å². The molecule has 3 rings (SSSR count). The first-order valence-electron chi connectivity index (χ1n) is 7.12. The lowest BCUT2D eigenvalue weighted by molar-refractivity contribution is -0.114. The predicted molar refractivity (Wildman–Crippen MR) is 91.9 cm³/mol. The average Bonchev–Trinajstić information content (AvgIpc) is 2.97. The lowest BCUT2D eigenvalue weighted by Gasteiger charge is -2.06. The minimum Gasteiger partial charge on any atom is -0.430 e. The van der Waals surface area contributed by atoms with E-state index in [0.717, 1.165) is 0 Å². The van der Waals surface area contributed by atoms with Crippen LogP contribution in [-0.2, 0) is 9.59 Å². The van der Waals surface area contributed by atoms with Crippen LogP contribution in [0.5, 0.6) is 0 Å². The number of thioether (sulfide) groups is 1. The number of nitrogens with one attached hydrogen (secondary N) is 2. The Morgan fingerprint density at radius 1 is 1.12 bits per heavy atom. The molecule has 0 unspecified atom stereocenters. The molecule has 0 saturated heterocycles. The quantitative estimate of drug-likeness (QED) is 0.692. The Balaban J connectivity index is 1.54. The van der Waals surface area contributed by atoms with E-state index in [0.29, 0.717) is 27.8 Å². The van der Waals surface area contributed by atoms with E-state index in [1.807, 2.05) is 0 Å². The lowest BCUT2D eigenvalue weighted by atomic mass is 10.3. The number of rotatable bonds is 5. The van der Waals surface area contributed by atoms with Crippen molar-refractivity contribution in [1.29, 1.82) is 0 Å². The molecule has 2 N–H and O–H groups in total. The minimum atomic E-state index is -0.178. The molecule has 122 valence electrons. The van der Waals surface area contributed by atoms with Gasteiger partial charge in [0.25, 0.3) is 5.22 Å². The molecule has 0 spiro atoms. The summed E-state index contributed by atoms with van der Waals surface area (Å²) >= 11 is 1.20. The van der Waals surface area contributed by atoms with E-state index in [9.17, 15) is 9.59 Å². The van der Waals surface area contributed by atoms with E-state index in [-0.39, 0.29) is 17.6 Å². The van der Waals surface area contributed by atoms with Gasteiger partial charge < -0.3 is 15.1 Å². The topological polar surface area (TPSA) is 97.1 Å². The maximum atomic E-state index is 12.0. The molecule has 0 aliphatic carbocycles. The zero-order valence-electron chi connectivity index (χ0n) is 12.8. The molecular weight excluding hydrogens is 328 g/mol. The molecule has 0 aliphatic rings. The number of carbonyl (C=O) groups excluding carboxylic acids is 2. The van der Waals surface area contributed by atoms with Crippen molar-refractivity contribution < 1.29 is 14.0 Å². The van der Waals surface area contributed by atoms with E-state index < -0.39 is 0 Å². The number of benzene rings is 1. The van der Waals surface area contributed by atoms with Crippen LogP contribution >= 0.6 is 11.8 Å². The van der Waals surface area contributed by atoms with Gasteiger partial charge in [0, 0.05) is 24.5 Å². The second-order valence-electron chi connectivity index (χ2n) is 4.90. The normalized spacial score (nSPS) is 10.5. The van der Waals surface area contributed by atoms with Gasteiger partial charge in [-0.2, -0.15) is 4.98 Å². The lowest BCUT2D eigenvalue weighted by Crippen LogP contribution is -2.14. The van der Waals surface area contributed by atoms with Crippen molar-refractivity contribution in [2.45, 2.75) is 12.1 Å². The van der Waals surface area contributed by atoms with Crippen LogP contribution in [0.15, 0.2) is 52.2 Å². The molecule has 0 atom stereocenters. The fraction of sp³-hybridized carbons (Fsp3) is 0.125. The summed E-state index contributed by atoms with van der Waals surface area (Å²) in [6.07, 6.45) is 1.64. The van der Waals surface area contributed by atoms with Gasteiger partial charge in [0.1, 0.15) is 0 Å². The van der Waals surface area contributed by atoms with Gasteiger partial charge in [-0.25, -0.2) is 4.98 Å². The van der Waals surface area contributed by atoms with Gasteiger partial charge in [-0.05, 0) is 36.4 Å². The van der Waals surface area contributed by atoms with Crippen molar-refractivity contribution in [2.24, 2.45) is 0 Å². The second kappa shape index (κ2) is 7.14. The van der Waals surface area contributed by atoms with Crippen molar-refractivity contribution in [1.82, 2.24) is 9.97 Å². The Labute approximate surface area is 141 Å². The van der Waals surface area contributed by atoms with Gasteiger partial charge >= 0.3 is 0 Å². The Kier molecular flexibility index (Phi) is 4.76. The average molecular weight is 342 g/mol. The molecule has 0 fully saturated rings. The Morgan fingerprint density at radius 3 is 2.50 bits per heavy atom. The molecule has 2 heterocycles. The number of anilines is 2. The Bertz CT molecular complexity index is 843. The van der Waals surface area contributed by atoms with Crippen LogP contribution in [-0.4, -0.2) is 27.5 Å². The van der Waals surface area contributed by atoms with Crippen LogP contribution in [0.3, 0.4) is 0 Å². The van der Waals surface area contributed by atoms with Gasteiger partial charge in [0.15, 0.2) is 11.2 Å². The van der Waals surface area contributed by atoms with E-state index in [1.54, 1.807) is 42.6 Å². The predicted octanol–water partition coefficient (Wildman–Crippen LogP) is 2.91. The number of amides is 2. The highest BCUT2D eigenvalue weighted by atomic mass is 32.2. The molecular formula is C16H14N4O3S. The molecule has 0 aliphatic heterocycles. The molecule has 0 radical (unpaired) electrons. The monoisotopic (exact) mass is 342 g/mol. The van der Waals surface area contributed by atoms with Crippen molar-refractivity contribution in [3.63, 3.8) is 0 Å². The van der Waals surface area contributed by atoms with Crippen LogP contribution in [0.25, 0.3) is 11.2 Å². The number of hydrogen-bond donors (Lipinski definition) is 2. The van der Waals surface area contributed by atoms with E-state index in [4.69, 9.17) is 4.42 Å². The van der Waals surface area contributed by atoms with Gasteiger partial charge in [-0.3, -0.25) is 9.59 Å². The smallest absolute Gasteiger partial charge is 0.258 e. The first-order chi connectivity index (χ1) is 11.6. The summed E-state index contributed by atoms with van der Waals surface area (Å²) < 4.78 is 5.49. The highest BCUT2D eigenvalue weighted by Crippen LogP contribution is 2.22. The first-order valence-corrected chi connectivity index (χ1v) is 8.10. The fourth-order valence-corrected chi connectivity index (χ4v) is 2.60. The molecule has 0 bridgehead atoms. The number of fused-ring (bicyclic) bond motifs is 1. The van der Waals surface area contributed by atoms with E-state index in [1.165, 1.54) is 18.7 Å². The SMILES string of the molecule is CC(=O)Nc1ccc(NC(=O)CSc2nc3ncccc3o2)cc1. The largest absolute Gasteiger partial charge is 0.430 e. The molecule has 3 aromatic rings. The number of aromatic nitrogens is 2. The van der Waals surface area contributed by atoms with Crippen LogP contribution < -0.4 is 10.6 Å². The second-order valence-corrected chi connectivity index (χ2v) is 5.83. The van der Waals surface area contributed by atoms with Crippen molar-refractivity contribution in [3.8, 4) is 0 Å². The molecule has 0 saturated carbocycles. The maximum absolute atomic E-state index is 12.0. The van der Waals surface area contributed by atoms with Crippen LogP contribution in [0.1, 0.15) is 6.92 Å². The number of nitrogens with zero attached hydrogens (tertiary/aromatic N) is 2. The summed E-state index contributed by atoms with van der Waals surface area (Å²) in [5.41, 5.74) is 2.44. The van der Waals surface area contributed by atoms with Gasteiger partial charge in [0.05, 0.1) is 5.75 Å². The number of carbonyl (C=O) groups is 2. The zero-order valence-corrected chi connectivity index (χ0v) is 13.6. The standard InChI is InChI=1S/C16H14N4O3S/c1-10(21)18-11-4-6-12(7-5-11)19-14(22)9-24-16-20-15-13(23-16)3-2-8-17-15/h2-8H,9H2,1H3,(H,18,21)(H,19,22). The molecule has 1 aromatic carbocycles. The molecule has 2 amide bonds. The minimum absolute atomic E-state index is 0.143. The third kappa shape index (κ3) is 4.11. The summed E-state index contributed by atoms with van der Waals surface area (Å²) in [4.78, 5) is 31.2. The highest BCUT2D eigenvalue weighted by Gasteiger charge is 2.10. The number of hydrogen-bond acceptors (Lipinski definition) is 6. The van der Waals surface area contributed by atoms with Crippen LogP contribution in [0.2, 0.25) is 0 Å². The Morgan fingerprint density at radius 2 is 1.83 bits per heavy atom. The third-order valence-corrected chi connectivity index (χ3v) is 3.79. The zero-order chi connectivity index (χ0) is 16.9. The first kappa shape index (κ1) is 16.0. The van der Waals surface area contributed by atoms with Crippen molar-refractivity contribution in [2.75, 3.05) is 16.4 Å². The summed E-state index contributed by atoms with van der Waals surface area (Å²) in [5, 5.41) is 5.83. The molecule has 8 heteroatoms. The summed E-state index contributed by atoms with van der Waals surface area (Å²) in [6.45, 7) is 1.44. The Hall–Kier alpha value is -2.87. The summed E-state index contributed by atoms with van der Waals surface area (Å²) in [7, 11) is 0. The number of pyridine rings is 1. The molecule has 2 aromatic heterocycles. The van der Waals surface area contributed by atoms with Gasteiger partial charge in [-0.1, -0.05) is 11.8 Å². The summed E-state index contributed by atoms with van der Waals surface area (Å²) in [6, 6.07) is 10.4. The van der Waals surface area contributed by atoms with E-state index >= 15 is 0 Å². The number of oxazole rings is 1. The maximum Gasteiger partial charge on any atom is 0.258 e. The molecule has 7 nitrogen and oxygen atoms in total.